The number of thiazole rings is 1. The fourth-order valence-electron chi connectivity index (χ4n) is 6.23. The predicted molar refractivity (Wildman–Crippen MR) is 196 cm³/mol. The molecular weight excluding hydrogens is 565 g/mol. The molecule has 0 bridgehead atoms. The van der Waals surface area contributed by atoms with Crippen molar-refractivity contribution in [1.82, 2.24) is 4.98 Å². The van der Waals surface area contributed by atoms with Gasteiger partial charge in [-0.25, -0.2) is 4.98 Å². The number of rotatable bonds is 6. The van der Waals surface area contributed by atoms with Crippen molar-refractivity contribution in [2.75, 3.05) is 0 Å². The van der Waals surface area contributed by atoms with E-state index in [-0.39, 0.29) is 5.41 Å². The second kappa shape index (κ2) is 11.7. The minimum Gasteiger partial charge on any atom is -0.256 e. The van der Waals surface area contributed by atoms with Crippen molar-refractivity contribution >= 4 is 55.0 Å². The van der Waals surface area contributed by atoms with Crippen LogP contribution in [0.3, 0.4) is 0 Å². The highest BCUT2D eigenvalue weighted by Crippen LogP contribution is 2.42. The molecule has 7 aromatic rings. The zero-order valence-corrected chi connectivity index (χ0v) is 27.5. The molecule has 0 aliphatic heterocycles. The molecule has 1 aromatic heterocycles. The van der Waals surface area contributed by atoms with E-state index in [1.807, 2.05) is 6.21 Å². The standard InChI is InChI=1S/C42H38N2S/c1-27(2)21-28-13-12-15-29(22-28)37-24-32(42(3,4)5)25-39-40(37)44-41(45-39)36-19-10-11-20-38(36)43-26-31-23-30-14-6-7-16-33(30)35-18-9-8-17-34(31)35/h6-20,22-27H,21H2,1-5H3. The second-order valence-electron chi connectivity index (χ2n) is 13.4. The monoisotopic (exact) mass is 602 g/mol. The third-order valence-electron chi connectivity index (χ3n) is 8.52. The lowest BCUT2D eigenvalue weighted by Gasteiger charge is -2.20. The summed E-state index contributed by atoms with van der Waals surface area (Å²) in [4.78, 5) is 10.4. The van der Waals surface area contributed by atoms with Gasteiger partial charge in [0.05, 0.1) is 15.9 Å². The van der Waals surface area contributed by atoms with Crippen LogP contribution in [0, 0.1) is 5.92 Å². The Morgan fingerprint density at radius 2 is 1.47 bits per heavy atom. The SMILES string of the molecule is CC(C)Cc1cccc(-c2cc(C(C)(C)C)cc3sc(-c4ccccc4N=Cc4cc5ccccc5c5ccccc45)nc23)c1. The Labute approximate surface area is 270 Å². The van der Waals surface area contributed by atoms with Crippen LogP contribution >= 0.6 is 11.3 Å². The lowest BCUT2D eigenvalue weighted by molar-refractivity contribution is 0.591. The highest BCUT2D eigenvalue weighted by molar-refractivity contribution is 7.21. The van der Waals surface area contributed by atoms with Gasteiger partial charge in [0.2, 0.25) is 0 Å². The Morgan fingerprint density at radius 1 is 0.733 bits per heavy atom. The molecule has 0 spiro atoms. The Kier molecular flexibility index (Phi) is 7.59. The molecular formula is C42H38N2S. The van der Waals surface area contributed by atoms with Gasteiger partial charge in [-0.2, -0.15) is 0 Å². The molecule has 0 amide bonds. The van der Waals surface area contributed by atoms with Gasteiger partial charge in [-0.1, -0.05) is 120 Å². The van der Waals surface area contributed by atoms with Crippen molar-refractivity contribution in [1.29, 1.82) is 0 Å². The average Bonchev–Trinajstić information content (AvgIpc) is 3.47. The van der Waals surface area contributed by atoms with E-state index in [2.05, 4.69) is 150 Å². The van der Waals surface area contributed by atoms with Gasteiger partial charge >= 0.3 is 0 Å². The lowest BCUT2D eigenvalue weighted by Crippen LogP contribution is -2.11. The molecule has 0 atom stereocenters. The highest BCUT2D eigenvalue weighted by Gasteiger charge is 2.20. The van der Waals surface area contributed by atoms with Crippen molar-refractivity contribution in [3.63, 3.8) is 0 Å². The van der Waals surface area contributed by atoms with Crippen LogP contribution in [-0.4, -0.2) is 11.2 Å². The zero-order chi connectivity index (χ0) is 31.1. The maximum absolute atomic E-state index is 5.32. The quantitative estimate of drug-likeness (QED) is 0.137. The fourth-order valence-corrected chi connectivity index (χ4v) is 7.30. The van der Waals surface area contributed by atoms with Gasteiger partial charge < -0.3 is 0 Å². The lowest BCUT2D eigenvalue weighted by atomic mass is 9.85. The predicted octanol–water partition coefficient (Wildman–Crippen LogP) is 12.2. The van der Waals surface area contributed by atoms with E-state index in [0.717, 1.165) is 33.8 Å². The van der Waals surface area contributed by atoms with E-state index in [1.165, 1.54) is 48.5 Å². The van der Waals surface area contributed by atoms with E-state index in [1.54, 1.807) is 11.3 Å². The molecule has 0 saturated carbocycles. The first-order valence-electron chi connectivity index (χ1n) is 15.8. The summed E-state index contributed by atoms with van der Waals surface area (Å²) in [5.74, 6) is 0.608. The summed E-state index contributed by atoms with van der Waals surface area (Å²) in [5.41, 5.74) is 9.29. The van der Waals surface area contributed by atoms with Crippen molar-refractivity contribution in [3.8, 4) is 21.7 Å². The number of aromatic nitrogens is 1. The minimum atomic E-state index is 0.0213. The Balaban J connectivity index is 1.35. The summed E-state index contributed by atoms with van der Waals surface area (Å²) in [6.45, 7) is 11.4. The van der Waals surface area contributed by atoms with Crippen LogP contribution in [0.1, 0.15) is 51.3 Å². The molecule has 0 radical (unpaired) electrons. The zero-order valence-electron chi connectivity index (χ0n) is 26.6. The van der Waals surface area contributed by atoms with Crippen LogP contribution < -0.4 is 0 Å². The average molecular weight is 603 g/mol. The largest absolute Gasteiger partial charge is 0.256 e. The topological polar surface area (TPSA) is 25.2 Å². The van der Waals surface area contributed by atoms with Crippen LogP contribution in [0.2, 0.25) is 0 Å². The fraction of sp³-hybridized carbons (Fsp3) is 0.190. The van der Waals surface area contributed by atoms with Gasteiger partial charge in [0.25, 0.3) is 0 Å². The van der Waals surface area contributed by atoms with Gasteiger partial charge in [-0.3, -0.25) is 4.99 Å². The normalized spacial score (nSPS) is 12.3. The first kappa shape index (κ1) is 29.1. The Morgan fingerprint density at radius 3 is 2.27 bits per heavy atom. The third-order valence-corrected chi connectivity index (χ3v) is 9.56. The van der Waals surface area contributed by atoms with Gasteiger partial charge in [-0.15, -0.1) is 11.3 Å². The number of hydrogen-bond donors (Lipinski definition) is 0. The molecule has 1 heterocycles. The molecule has 0 unspecified atom stereocenters. The summed E-state index contributed by atoms with van der Waals surface area (Å²) in [6.07, 6.45) is 3.08. The van der Waals surface area contributed by atoms with E-state index in [0.29, 0.717) is 5.92 Å². The molecule has 0 fully saturated rings. The number of fused-ring (bicyclic) bond motifs is 4. The third kappa shape index (κ3) is 5.81. The van der Waals surface area contributed by atoms with E-state index in [9.17, 15) is 0 Å². The van der Waals surface area contributed by atoms with Crippen LogP contribution in [0.15, 0.2) is 120 Å². The maximum Gasteiger partial charge on any atom is 0.126 e. The van der Waals surface area contributed by atoms with Gasteiger partial charge in [0.1, 0.15) is 5.01 Å². The summed E-state index contributed by atoms with van der Waals surface area (Å²) in [5, 5.41) is 5.93. The summed E-state index contributed by atoms with van der Waals surface area (Å²) in [7, 11) is 0. The number of nitrogens with zero attached hydrogens (tertiary/aromatic N) is 2. The summed E-state index contributed by atoms with van der Waals surface area (Å²) in [6, 6.07) is 41.5. The molecule has 0 aliphatic rings. The van der Waals surface area contributed by atoms with Gasteiger partial charge in [-0.05, 0) is 86.3 Å². The molecule has 0 saturated heterocycles. The van der Waals surface area contributed by atoms with E-state index < -0.39 is 0 Å². The first-order chi connectivity index (χ1) is 21.7. The molecule has 2 nitrogen and oxygen atoms in total. The first-order valence-corrected chi connectivity index (χ1v) is 16.6. The molecule has 0 aliphatic carbocycles. The number of para-hydroxylation sites is 1. The smallest absolute Gasteiger partial charge is 0.126 e. The van der Waals surface area contributed by atoms with Gasteiger partial charge in [0.15, 0.2) is 0 Å². The minimum absolute atomic E-state index is 0.0213. The molecule has 45 heavy (non-hydrogen) atoms. The van der Waals surface area contributed by atoms with Crippen molar-refractivity contribution in [3.05, 3.63) is 132 Å². The molecule has 7 rings (SSSR count). The van der Waals surface area contributed by atoms with Gasteiger partial charge in [0, 0.05) is 22.9 Å². The molecule has 0 N–H and O–H groups in total. The number of benzene rings is 6. The number of aliphatic imine (C=N–C) groups is 1. The molecule has 3 heteroatoms. The number of hydrogen-bond acceptors (Lipinski definition) is 3. The van der Waals surface area contributed by atoms with E-state index >= 15 is 0 Å². The van der Waals surface area contributed by atoms with Crippen LogP contribution in [0.5, 0.6) is 0 Å². The van der Waals surface area contributed by atoms with Crippen LogP contribution in [-0.2, 0) is 11.8 Å². The Bertz CT molecular complexity index is 2210. The van der Waals surface area contributed by atoms with Crippen LogP contribution in [0.4, 0.5) is 5.69 Å². The van der Waals surface area contributed by atoms with E-state index in [4.69, 9.17) is 9.98 Å². The van der Waals surface area contributed by atoms with Crippen molar-refractivity contribution in [2.45, 2.75) is 46.5 Å². The van der Waals surface area contributed by atoms with Crippen LogP contribution in [0.25, 0.3) is 53.5 Å². The second-order valence-corrected chi connectivity index (χ2v) is 14.5. The summed E-state index contributed by atoms with van der Waals surface area (Å²) >= 11 is 1.76. The molecule has 222 valence electrons. The summed E-state index contributed by atoms with van der Waals surface area (Å²) < 4.78 is 1.21. The van der Waals surface area contributed by atoms with Crippen molar-refractivity contribution in [2.24, 2.45) is 10.9 Å². The van der Waals surface area contributed by atoms with Crippen molar-refractivity contribution < 1.29 is 0 Å². The molecule has 6 aromatic carbocycles. The Hall–Kier alpha value is -4.60. The highest BCUT2D eigenvalue weighted by atomic mass is 32.1. The maximum atomic E-state index is 5.32.